The zero-order valence-corrected chi connectivity index (χ0v) is 28.4. The van der Waals surface area contributed by atoms with E-state index < -0.39 is 11.9 Å². The number of rotatable bonds is 4. The van der Waals surface area contributed by atoms with E-state index in [1.54, 1.807) is 48.1 Å². The van der Waals surface area contributed by atoms with Crippen LogP contribution in [0.1, 0.15) is 17.8 Å². The van der Waals surface area contributed by atoms with Crippen molar-refractivity contribution in [2.75, 3.05) is 44.6 Å². The second-order valence-electron chi connectivity index (χ2n) is 12.8. The van der Waals surface area contributed by atoms with Crippen molar-refractivity contribution in [3.8, 4) is 28.8 Å². The van der Waals surface area contributed by atoms with Crippen LogP contribution in [0.3, 0.4) is 0 Å². The van der Waals surface area contributed by atoms with Gasteiger partial charge in [0.1, 0.15) is 47.1 Å². The van der Waals surface area contributed by atoms with Crippen LogP contribution in [0.2, 0.25) is 0 Å². The van der Waals surface area contributed by atoms with E-state index in [1.807, 2.05) is 30.0 Å². The highest BCUT2D eigenvalue weighted by molar-refractivity contribution is 5.94. The first kappa shape index (κ1) is 32.1. The molecule has 0 spiro atoms. The van der Waals surface area contributed by atoms with E-state index in [1.165, 1.54) is 25.6 Å². The first-order valence-electron chi connectivity index (χ1n) is 16.5. The standard InChI is InChI=1S/C36H34FN11O3/c1-20-42-27-7-5-6-25-28-10-21(14-38)11-32(44-28)43-23-13-30(36(49)45(2)17-24(50-3)18-46(20)33(25)27)47(16-23)34-26-15-41-48(35(26)40-19-39-34)29-9-8-22(37)12-31(29)51-4/h5-12,15,19,23-24,30H,13,16-18H2,1-4H3,(H,43,44)/t23-,24?,30-/m0/s1. The van der Waals surface area contributed by atoms with Crippen molar-refractivity contribution in [1.29, 1.82) is 5.26 Å². The molecule has 14 nitrogen and oxygen atoms in total. The number of methoxy groups -OCH3 is 2. The van der Waals surface area contributed by atoms with Gasteiger partial charge in [0.2, 0.25) is 5.91 Å². The number of aromatic nitrogens is 7. The molecule has 4 bridgehead atoms. The number of carbonyl (C=O) groups is 1. The Morgan fingerprint density at radius 1 is 1.06 bits per heavy atom. The summed E-state index contributed by atoms with van der Waals surface area (Å²) in [4.78, 5) is 37.1. The largest absolute Gasteiger partial charge is 0.494 e. The molecule has 2 aliphatic heterocycles. The molecule has 6 heterocycles. The van der Waals surface area contributed by atoms with Gasteiger partial charge in [-0.15, -0.1) is 0 Å². The van der Waals surface area contributed by atoms with E-state index in [-0.39, 0.29) is 18.1 Å². The number of nitriles is 1. The number of anilines is 2. The van der Waals surface area contributed by atoms with Gasteiger partial charge in [0.05, 0.1) is 59.7 Å². The molecule has 4 aromatic heterocycles. The molecule has 0 aliphatic carbocycles. The number of pyridine rings is 1. The van der Waals surface area contributed by atoms with E-state index in [9.17, 15) is 14.4 Å². The summed E-state index contributed by atoms with van der Waals surface area (Å²) < 4.78 is 29.1. The molecule has 1 fully saturated rings. The first-order chi connectivity index (χ1) is 24.8. The second kappa shape index (κ2) is 12.6. The maximum atomic E-state index is 14.5. The number of para-hydroxylation sites is 1. The van der Waals surface area contributed by atoms with Crippen molar-refractivity contribution < 1.29 is 18.7 Å². The van der Waals surface area contributed by atoms with Crippen molar-refractivity contribution in [2.24, 2.45) is 0 Å². The van der Waals surface area contributed by atoms with Crippen LogP contribution in [-0.4, -0.2) is 97.6 Å². The van der Waals surface area contributed by atoms with Gasteiger partial charge < -0.3 is 29.2 Å². The maximum Gasteiger partial charge on any atom is 0.245 e. The Morgan fingerprint density at radius 3 is 2.73 bits per heavy atom. The van der Waals surface area contributed by atoms with Crippen LogP contribution in [0.15, 0.2) is 61.1 Å². The quantitative estimate of drug-likeness (QED) is 0.285. The van der Waals surface area contributed by atoms with Crippen molar-refractivity contribution in [2.45, 2.75) is 38.1 Å². The van der Waals surface area contributed by atoms with E-state index >= 15 is 0 Å². The van der Waals surface area contributed by atoms with Gasteiger partial charge in [0.15, 0.2) is 5.65 Å². The molecular formula is C36H34FN11O3. The molecule has 0 radical (unpaired) electrons. The molecule has 3 atom stereocenters. The molecule has 1 unspecified atom stereocenters. The number of nitrogens with one attached hydrogen (secondary N) is 1. The number of hydrogen-bond donors (Lipinski definition) is 1. The lowest BCUT2D eigenvalue weighted by molar-refractivity contribution is -0.132. The number of nitrogens with zero attached hydrogens (tertiary/aromatic N) is 10. The van der Waals surface area contributed by atoms with Crippen LogP contribution >= 0.6 is 0 Å². The van der Waals surface area contributed by atoms with Crippen LogP contribution in [-0.2, 0) is 16.1 Å². The number of imidazole rings is 1. The van der Waals surface area contributed by atoms with Gasteiger partial charge in [-0.05, 0) is 43.7 Å². The highest BCUT2D eigenvalue weighted by Crippen LogP contribution is 2.35. The van der Waals surface area contributed by atoms with Crippen molar-refractivity contribution >= 4 is 39.6 Å². The zero-order valence-electron chi connectivity index (χ0n) is 28.4. The van der Waals surface area contributed by atoms with Crippen molar-refractivity contribution in [1.82, 2.24) is 39.2 Å². The van der Waals surface area contributed by atoms with Crippen LogP contribution in [0.5, 0.6) is 5.75 Å². The van der Waals surface area contributed by atoms with E-state index in [2.05, 4.69) is 31.0 Å². The molecule has 15 heteroatoms. The number of hydrogen-bond acceptors (Lipinski definition) is 11. The number of fused-ring (bicyclic) bond motifs is 6. The third-order valence-corrected chi connectivity index (χ3v) is 9.69. The number of halogens is 1. The Bertz CT molecular complexity index is 2370. The minimum atomic E-state index is -0.616. The molecule has 1 N–H and O–H groups in total. The molecule has 258 valence electrons. The fraction of sp³-hybridized carbons (Fsp3) is 0.306. The molecule has 0 saturated carbocycles. The summed E-state index contributed by atoms with van der Waals surface area (Å²) in [5.74, 6) is 1.58. The van der Waals surface area contributed by atoms with E-state index in [0.717, 1.165) is 22.4 Å². The number of ether oxygens (including phenoxy) is 2. The van der Waals surface area contributed by atoms with Gasteiger partial charge in [-0.2, -0.15) is 10.4 Å². The minimum Gasteiger partial charge on any atom is -0.494 e. The molecule has 2 aromatic carbocycles. The Hall–Kier alpha value is -6.14. The van der Waals surface area contributed by atoms with Gasteiger partial charge >= 0.3 is 0 Å². The molecule has 1 amide bonds. The molecule has 51 heavy (non-hydrogen) atoms. The fourth-order valence-corrected chi connectivity index (χ4v) is 7.28. The predicted molar refractivity (Wildman–Crippen MR) is 187 cm³/mol. The number of amides is 1. The summed E-state index contributed by atoms with van der Waals surface area (Å²) >= 11 is 0. The van der Waals surface area contributed by atoms with Crippen LogP contribution in [0.25, 0.3) is 39.0 Å². The van der Waals surface area contributed by atoms with E-state index in [0.29, 0.717) is 71.4 Å². The predicted octanol–water partition coefficient (Wildman–Crippen LogP) is 4.10. The van der Waals surface area contributed by atoms with Gasteiger partial charge in [0, 0.05) is 44.9 Å². The number of likely N-dealkylation sites (N-methyl/N-ethyl adjacent to an activating group) is 1. The Balaban J connectivity index is 1.24. The lowest BCUT2D eigenvalue weighted by Crippen LogP contribution is -2.47. The molecule has 8 rings (SSSR count). The number of carbonyl (C=O) groups excluding carboxylic acids is 1. The van der Waals surface area contributed by atoms with Gasteiger partial charge in [-0.25, -0.2) is 29.0 Å². The number of aryl methyl sites for hydroxylation is 1. The average Bonchev–Trinajstić information content (AvgIpc) is 3.85. The fourth-order valence-electron chi connectivity index (χ4n) is 7.28. The lowest BCUT2D eigenvalue weighted by Gasteiger charge is -2.30. The highest BCUT2D eigenvalue weighted by Gasteiger charge is 2.41. The monoisotopic (exact) mass is 687 g/mol. The van der Waals surface area contributed by atoms with Gasteiger partial charge in [-0.1, -0.05) is 12.1 Å². The topological polar surface area (TPSA) is 152 Å². The Kier molecular flexibility index (Phi) is 7.95. The summed E-state index contributed by atoms with van der Waals surface area (Å²) in [6, 6.07) is 15.0. The van der Waals surface area contributed by atoms with Crippen LogP contribution in [0, 0.1) is 24.1 Å². The smallest absolute Gasteiger partial charge is 0.245 e. The van der Waals surface area contributed by atoms with Crippen molar-refractivity contribution in [3.63, 3.8) is 0 Å². The summed E-state index contributed by atoms with van der Waals surface area (Å²) in [7, 11) is 4.89. The SMILES string of the molecule is COc1cc(F)ccc1-n1ncc2c(N3C[C@@H]4C[C@H]3C(=O)N(C)CC(OC)Cn3c(C)nc5cccc(c53)-c3cc(C#N)cc(n3)N4)ncnc21. The molecule has 2 aliphatic rings. The Labute approximate surface area is 292 Å². The van der Waals surface area contributed by atoms with Gasteiger partial charge in [-0.3, -0.25) is 4.79 Å². The third-order valence-electron chi connectivity index (χ3n) is 9.69. The average molecular weight is 688 g/mol. The van der Waals surface area contributed by atoms with Gasteiger partial charge in [0.25, 0.3) is 0 Å². The lowest BCUT2D eigenvalue weighted by atomic mass is 10.1. The summed E-state index contributed by atoms with van der Waals surface area (Å²) in [6.45, 7) is 3.10. The second-order valence-corrected chi connectivity index (χ2v) is 12.8. The molecular weight excluding hydrogens is 653 g/mol. The highest BCUT2D eigenvalue weighted by atomic mass is 19.1. The summed E-state index contributed by atoms with van der Waals surface area (Å²) in [5, 5.41) is 18.8. The first-order valence-corrected chi connectivity index (χ1v) is 16.5. The third kappa shape index (κ3) is 5.53. The van der Waals surface area contributed by atoms with Crippen LogP contribution < -0.4 is 15.0 Å². The zero-order chi connectivity index (χ0) is 35.4. The molecule has 1 saturated heterocycles. The van der Waals surface area contributed by atoms with Crippen LogP contribution in [0.4, 0.5) is 16.0 Å². The summed E-state index contributed by atoms with van der Waals surface area (Å²) in [5.41, 5.74) is 4.58. The van der Waals surface area contributed by atoms with Crippen molar-refractivity contribution in [3.05, 3.63) is 78.3 Å². The summed E-state index contributed by atoms with van der Waals surface area (Å²) in [6.07, 6.45) is 3.14. The molecule has 6 aromatic rings. The van der Waals surface area contributed by atoms with E-state index in [4.69, 9.17) is 19.4 Å². The normalized spacial score (nSPS) is 19.1. The minimum absolute atomic E-state index is 0.108. The maximum absolute atomic E-state index is 14.5. The number of benzene rings is 2. The Morgan fingerprint density at radius 2 is 1.92 bits per heavy atom.